The Kier molecular flexibility index (Phi) is 4.55. The molecule has 0 spiro atoms. The number of likely N-dealkylation sites (tertiary alicyclic amines) is 1. The maximum atomic E-state index is 4.60. The second-order valence-electron chi connectivity index (χ2n) is 7.38. The van der Waals surface area contributed by atoms with Gasteiger partial charge in [-0.05, 0) is 51.9 Å². The number of benzene rings is 1. The molecule has 5 heteroatoms. The number of likely N-dealkylation sites (N-methyl/N-ethyl adjacent to an activating group) is 1. The summed E-state index contributed by atoms with van der Waals surface area (Å²) in [5.74, 6) is 0.835. The van der Waals surface area contributed by atoms with E-state index < -0.39 is 0 Å². The summed E-state index contributed by atoms with van der Waals surface area (Å²) in [5.41, 5.74) is 4.52. The van der Waals surface area contributed by atoms with Crippen molar-refractivity contribution >= 4 is 16.6 Å². The second-order valence-corrected chi connectivity index (χ2v) is 7.38. The highest BCUT2D eigenvalue weighted by molar-refractivity contribution is 6.00. The molecule has 1 fully saturated rings. The van der Waals surface area contributed by atoms with Crippen LogP contribution in [0.25, 0.3) is 22.0 Å². The molecule has 2 aromatic heterocycles. The van der Waals surface area contributed by atoms with E-state index in [4.69, 9.17) is 0 Å². The van der Waals surface area contributed by atoms with Gasteiger partial charge in [0.1, 0.15) is 5.69 Å². The number of aryl methyl sites for hydroxylation is 2. The van der Waals surface area contributed by atoms with Crippen molar-refractivity contribution in [1.29, 1.82) is 0 Å². The smallest absolute Gasteiger partial charge is 0.158 e. The van der Waals surface area contributed by atoms with Gasteiger partial charge < -0.3 is 10.2 Å². The van der Waals surface area contributed by atoms with Gasteiger partial charge in [-0.3, -0.25) is 4.98 Å². The molecule has 0 saturated carbocycles. The first-order chi connectivity index (χ1) is 12.6. The third kappa shape index (κ3) is 3.27. The van der Waals surface area contributed by atoms with Crippen molar-refractivity contribution in [1.82, 2.24) is 20.1 Å². The average molecular weight is 347 g/mol. The number of nitrogens with zero attached hydrogens (tertiary/aromatic N) is 4. The molecule has 3 aromatic rings. The SMILES string of the molecule is Cc1ccc(-c2nnc(N[C@@H]3CCCN(C)C3)c3cnccc23)c(C)c1. The summed E-state index contributed by atoms with van der Waals surface area (Å²) in [6.07, 6.45) is 6.09. The highest BCUT2D eigenvalue weighted by atomic mass is 15.2. The van der Waals surface area contributed by atoms with Crippen molar-refractivity contribution < 1.29 is 0 Å². The minimum Gasteiger partial charge on any atom is -0.364 e. The van der Waals surface area contributed by atoms with E-state index in [0.717, 1.165) is 47.4 Å². The predicted molar refractivity (Wildman–Crippen MR) is 106 cm³/mol. The first-order valence-electron chi connectivity index (χ1n) is 9.25. The number of nitrogens with one attached hydrogen (secondary N) is 1. The summed E-state index contributed by atoms with van der Waals surface area (Å²) >= 11 is 0. The molecule has 1 aliphatic rings. The maximum Gasteiger partial charge on any atom is 0.158 e. The first-order valence-corrected chi connectivity index (χ1v) is 9.25. The molecule has 3 heterocycles. The van der Waals surface area contributed by atoms with E-state index in [2.05, 4.69) is 64.5 Å². The summed E-state index contributed by atoms with van der Waals surface area (Å²) in [4.78, 5) is 6.69. The monoisotopic (exact) mass is 347 g/mol. The molecule has 0 unspecified atom stereocenters. The molecule has 1 N–H and O–H groups in total. The lowest BCUT2D eigenvalue weighted by Crippen LogP contribution is -2.40. The Labute approximate surface area is 154 Å². The number of hydrogen-bond acceptors (Lipinski definition) is 5. The fourth-order valence-corrected chi connectivity index (χ4v) is 3.86. The van der Waals surface area contributed by atoms with Crippen LogP contribution in [0.5, 0.6) is 0 Å². The van der Waals surface area contributed by atoms with E-state index in [-0.39, 0.29) is 0 Å². The van der Waals surface area contributed by atoms with Crippen LogP contribution in [0.1, 0.15) is 24.0 Å². The Balaban J connectivity index is 1.76. The zero-order valence-corrected chi connectivity index (χ0v) is 15.7. The summed E-state index contributed by atoms with van der Waals surface area (Å²) in [6, 6.07) is 8.89. The molecular weight excluding hydrogens is 322 g/mol. The largest absolute Gasteiger partial charge is 0.364 e. The summed E-state index contributed by atoms with van der Waals surface area (Å²) < 4.78 is 0. The van der Waals surface area contributed by atoms with Gasteiger partial charge in [0.2, 0.25) is 0 Å². The van der Waals surface area contributed by atoms with Crippen molar-refractivity contribution in [2.24, 2.45) is 0 Å². The van der Waals surface area contributed by atoms with Crippen LogP contribution in [0, 0.1) is 13.8 Å². The summed E-state index contributed by atoms with van der Waals surface area (Å²) in [6.45, 7) is 6.43. The van der Waals surface area contributed by atoms with Gasteiger partial charge in [0.25, 0.3) is 0 Å². The van der Waals surface area contributed by atoms with Crippen LogP contribution in [0.3, 0.4) is 0 Å². The van der Waals surface area contributed by atoms with E-state index in [1.807, 2.05) is 18.5 Å². The van der Waals surface area contributed by atoms with Gasteiger partial charge >= 0.3 is 0 Å². The van der Waals surface area contributed by atoms with Gasteiger partial charge in [0.05, 0.1) is 0 Å². The lowest BCUT2D eigenvalue weighted by molar-refractivity contribution is 0.261. The van der Waals surface area contributed by atoms with E-state index >= 15 is 0 Å². The molecule has 1 saturated heterocycles. The number of anilines is 1. The van der Waals surface area contributed by atoms with Crippen LogP contribution in [0.4, 0.5) is 5.82 Å². The van der Waals surface area contributed by atoms with Crippen molar-refractivity contribution in [3.8, 4) is 11.3 Å². The topological polar surface area (TPSA) is 53.9 Å². The first kappa shape index (κ1) is 16.9. The third-order valence-electron chi connectivity index (χ3n) is 5.18. The standard InChI is InChI=1S/C21H25N5/c1-14-6-7-17(15(2)11-14)20-18-8-9-22-12-19(18)21(25-24-20)23-16-5-4-10-26(3)13-16/h6-9,11-12,16H,4-5,10,13H2,1-3H3,(H,23,25)/t16-/m1/s1. The zero-order chi connectivity index (χ0) is 18.1. The molecule has 0 aliphatic carbocycles. The number of piperidine rings is 1. The highest BCUT2D eigenvalue weighted by Crippen LogP contribution is 2.31. The average Bonchev–Trinajstić information content (AvgIpc) is 2.63. The maximum absolute atomic E-state index is 4.60. The van der Waals surface area contributed by atoms with Crippen molar-refractivity contribution in [2.45, 2.75) is 32.7 Å². The van der Waals surface area contributed by atoms with Gasteiger partial charge in [-0.25, -0.2) is 0 Å². The van der Waals surface area contributed by atoms with E-state index in [9.17, 15) is 0 Å². The van der Waals surface area contributed by atoms with Crippen LogP contribution in [-0.2, 0) is 0 Å². The molecular formula is C21H25N5. The Bertz CT molecular complexity index is 937. The minimum absolute atomic E-state index is 0.401. The molecule has 0 bridgehead atoms. The molecule has 1 atom stereocenters. The van der Waals surface area contributed by atoms with Crippen LogP contribution in [-0.4, -0.2) is 46.3 Å². The minimum atomic E-state index is 0.401. The van der Waals surface area contributed by atoms with Gasteiger partial charge in [0.15, 0.2) is 5.82 Å². The molecule has 0 radical (unpaired) electrons. The molecule has 5 nitrogen and oxygen atoms in total. The molecule has 1 aromatic carbocycles. The Morgan fingerprint density at radius 1 is 1.12 bits per heavy atom. The van der Waals surface area contributed by atoms with Crippen molar-refractivity contribution in [3.63, 3.8) is 0 Å². The Morgan fingerprint density at radius 2 is 2.00 bits per heavy atom. The van der Waals surface area contributed by atoms with Crippen LogP contribution in [0.2, 0.25) is 0 Å². The molecule has 0 amide bonds. The zero-order valence-electron chi connectivity index (χ0n) is 15.7. The van der Waals surface area contributed by atoms with Gasteiger partial charge in [-0.15, -0.1) is 10.2 Å². The predicted octanol–water partition coefficient (Wildman–Crippen LogP) is 3.81. The molecule has 134 valence electrons. The third-order valence-corrected chi connectivity index (χ3v) is 5.18. The lowest BCUT2D eigenvalue weighted by Gasteiger charge is -2.30. The molecule has 4 rings (SSSR count). The van der Waals surface area contributed by atoms with Gasteiger partial charge in [0, 0.05) is 41.3 Å². The van der Waals surface area contributed by atoms with Crippen LogP contribution >= 0.6 is 0 Å². The molecule has 1 aliphatic heterocycles. The second kappa shape index (κ2) is 7.00. The Hall–Kier alpha value is -2.53. The van der Waals surface area contributed by atoms with Crippen molar-refractivity contribution in [3.05, 3.63) is 47.8 Å². The number of fused-ring (bicyclic) bond motifs is 1. The Morgan fingerprint density at radius 3 is 2.81 bits per heavy atom. The quantitative estimate of drug-likeness (QED) is 0.781. The van der Waals surface area contributed by atoms with Crippen LogP contribution < -0.4 is 5.32 Å². The van der Waals surface area contributed by atoms with Gasteiger partial charge in [-0.2, -0.15) is 0 Å². The number of rotatable bonds is 3. The van der Waals surface area contributed by atoms with E-state index in [0.29, 0.717) is 6.04 Å². The van der Waals surface area contributed by atoms with E-state index in [1.165, 1.54) is 17.5 Å². The normalized spacial score (nSPS) is 18.2. The number of pyridine rings is 1. The lowest BCUT2D eigenvalue weighted by atomic mass is 9.99. The highest BCUT2D eigenvalue weighted by Gasteiger charge is 2.19. The van der Waals surface area contributed by atoms with Crippen molar-refractivity contribution in [2.75, 3.05) is 25.5 Å². The summed E-state index contributed by atoms with van der Waals surface area (Å²) in [7, 11) is 2.17. The van der Waals surface area contributed by atoms with Gasteiger partial charge in [-0.1, -0.05) is 23.8 Å². The number of hydrogen-bond donors (Lipinski definition) is 1. The fraction of sp³-hybridized carbons (Fsp3) is 0.381. The van der Waals surface area contributed by atoms with E-state index in [1.54, 1.807) is 0 Å². The molecule has 26 heavy (non-hydrogen) atoms. The fourth-order valence-electron chi connectivity index (χ4n) is 3.86. The van der Waals surface area contributed by atoms with Crippen LogP contribution in [0.15, 0.2) is 36.7 Å². The summed E-state index contributed by atoms with van der Waals surface area (Å²) in [5, 5.41) is 14.9. The number of aromatic nitrogens is 3.